The minimum Gasteiger partial charge on any atom is -0.491 e. The smallest absolute Gasteiger partial charge is 0.181 e. The summed E-state index contributed by atoms with van der Waals surface area (Å²) >= 11 is 0. The first-order valence-electron chi connectivity index (χ1n) is 12.4. The van der Waals surface area contributed by atoms with Crippen LogP contribution in [0.15, 0.2) is 76.4 Å². The molecule has 0 radical (unpaired) electrons. The number of anilines is 1. The number of ether oxygens (including phenoxy) is 3. The van der Waals surface area contributed by atoms with E-state index in [2.05, 4.69) is 9.97 Å². The van der Waals surface area contributed by atoms with Gasteiger partial charge in [-0.15, -0.1) is 0 Å². The van der Waals surface area contributed by atoms with Gasteiger partial charge in [-0.3, -0.25) is 0 Å². The molecule has 1 unspecified atom stereocenters. The van der Waals surface area contributed by atoms with Crippen LogP contribution in [0.2, 0.25) is 0 Å². The molecule has 38 heavy (non-hydrogen) atoms. The lowest BCUT2D eigenvalue weighted by molar-refractivity contribution is 0.0357. The van der Waals surface area contributed by atoms with Crippen LogP contribution in [0.3, 0.4) is 0 Å². The SMILES string of the molecule is CC1CCOCCOCCOc2cccc(c2)-c2coc(c2)-c2nc(cnc2N)-c2ccc(cc2)S1(=O)=O. The van der Waals surface area contributed by atoms with E-state index in [4.69, 9.17) is 24.4 Å². The summed E-state index contributed by atoms with van der Waals surface area (Å²) in [5.41, 5.74) is 9.55. The number of nitrogens with zero attached hydrogens (tertiary/aromatic N) is 2. The fraction of sp³-hybridized carbons (Fsp3) is 0.286. The van der Waals surface area contributed by atoms with Gasteiger partial charge in [0.05, 0.1) is 48.1 Å². The summed E-state index contributed by atoms with van der Waals surface area (Å²) in [6.45, 7) is 3.57. The Kier molecular flexibility index (Phi) is 7.73. The molecule has 2 aliphatic heterocycles. The van der Waals surface area contributed by atoms with Gasteiger partial charge in [0, 0.05) is 17.7 Å². The molecule has 0 spiro atoms. The van der Waals surface area contributed by atoms with Crippen LogP contribution in [0.1, 0.15) is 13.3 Å². The first kappa shape index (κ1) is 25.9. The Morgan fingerprint density at radius 1 is 0.895 bits per heavy atom. The van der Waals surface area contributed by atoms with E-state index in [1.807, 2.05) is 30.3 Å². The third-order valence-electron chi connectivity index (χ3n) is 6.35. The summed E-state index contributed by atoms with van der Waals surface area (Å²) in [5, 5.41) is -0.597. The third kappa shape index (κ3) is 5.72. The normalized spacial score (nSPS) is 18.3. The molecule has 2 N–H and O–H groups in total. The third-order valence-corrected chi connectivity index (χ3v) is 8.57. The van der Waals surface area contributed by atoms with E-state index >= 15 is 0 Å². The second kappa shape index (κ2) is 11.3. The van der Waals surface area contributed by atoms with E-state index < -0.39 is 15.1 Å². The van der Waals surface area contributed by atoms with E-state index in [-0.39, 0.29) is 10.7 Å². The van der Waals surface area contributed by atoms with Crippen molar-refractivity contribution in [2.45, 2.75) is 23.5 Å². The zero-order valence-corrected chi connectivity index (χ0v) is 21.8. The second-order valence-electron chi connectivity index (χ2n) is 8.96. The van der Waals surface area contributed by atoms with Crippen molar-refractivity contribution in [3.05, 3.63) is 67.1 Å². The highest BCUT2D eigenvalue weighted by Crippen LogP contribution is 2.33. The minimum atomic E-state index is -3.52. The van der Waals surface area contributed by atoms with Gasteiger partial charge in [0.15, 0.2) is 21.4 Å². The van der Waals surface area contributed by atoms with Crippen LogP contribution < -0.4 is 10.5 Å². The van der Waals surface area contributed by atoms with Crippen molar-refractivity contribution in [1.82, 2.24) is 9.97 Å². The largest absolute Gasteiger partial charge is 0.491 e. The fourth-order valence-corrected chi connectivity index (χ4v) is 5.48. The molecule has 0 aliphatic carbocycles. The van der Waals surface area contributed by atoms with Gasteiger partial charge in [-0.25, -0.2) is 18.4 Å². The topological polar surface area (TPSA) is 127 Å². The van der Waals surface area contributed by atoms with Gasteiger partial charge in [0.2, 0.25) is 0 Å². The summed E-state index contributed by atoms with van der Waals surface area (Å²) in [7, 11) is -3.52. The van der Waals surface area contributed by atoms with Crippen LogP contribution in [0, 0.1) is 0 Å². The number of nitrogen functional groups attached to an aromatic ring is 1. The van der Waals surface area contributed by atoms with Gasteiger partial charge < -0.3 is 24.4 Å². The molecule has 0 fully saturated rings. The molecule has 8 bridgehead atoms. The van der Waals surface area contributed by atoms with E-state index in [1.165, 1.54) is 0 Å². The molecule has 198 valence electrons. The number of sulfone groups is 1. The lowest BCUT2D eigenvalue weighted by Crippen LogP contribution is -2.20. The summed E-state index contributed by atoms with van der Waals surface area (Å²) in [6, 6.07) is 16.1. The monoisotopic (exact) mass is 535 g/mol. The van der Waals surface area contributed by atoms with E-state index in [0.717, 1.165) is 11.1 Å². The Hall–Kier alpha value is -3.73. The molecule has 2 aromatic carbocycles. The first-order valence-corrected chi connectivity index (χ1v) is 13.9. The van der Waals surface area contributed by atoms with E-state index in [9.17, 15) is 8.42 Å². The van der Waals surface area contributed by atoms with Gasteiger partial charge in [0.25, 0.3) is 0 Å². The van der Waals surface area contributed by atoms with Gasteiger partial charge in [0.1, 0.15) is 18.1 Å². The molecule has 0 saturated heterocycles. The molecule has 4 aromatic rings. The first-order chi connectivity index (χ1) is 18.4. The maximum Gasteiger partial charge on any atom is 0.181 e. The molecule has 4 heterocycles. The molecule has 2 aliphatic rings. The molecular formula is C28H29N3O6S. The van der Waals surface area contributed by atoms with Crippen molar-refractivity contribution in [2.75, 3.05) is 38.8 Å². The van der Waals surface area contributed by atoms with Gasteiger partial charge in [-0.05, 0) is 49.2 Å². The summed E-state index contributed by atoms with van der Waals surface area (Å²) < 4.78 is 48.9. The maximum absolute atomic E-state index is 13.1. The lowest BCUT2D eigenvalue weighted by atomic mass is 10.1. The van der Waals surface area contributed by atoms with Crippen LogP contribution in [0.25, 0.3) is 33.8 Å². The zero-order chi connectivity index (χ0) is 26.5. The Bertz CT molecular complexity index is 1500. The molecular weight excluding hydrogens is 506 g/mol. The number of hydrogen-bond acceptors (Lipinski definition) is 9. The molecule has 1 atom stereocenters. The minimum absolute atomic E-state index is 0.225. The average Bonchev–Trinajstić information content (AvgIpc) is 3.42. The van der Waals surface area contributed by atoms with Crippen molar-refractivity contribution >= 4 is 15.7 Å². The van der Waals surface area contributed by atoms with Crippen LogP contribution >= 0.6 is 0 Å². The van der Waals surface area contributed by atoms with Crippen molar-refractivity contribution in [1.29, 1.82) is 0 Å². The van der Waals surface area contributed by atoms with E-state index in [1.54, 1.807) is 43.6 Å². The maximum atomic E-state index is 13.1. The van der Waals surface area contributed by atoms with Crippen molar-refractivity contribution < 1.29 is 27.0 Å². The average molecular weight is 536 g/mol. The Balaban J connectivity index is 1.48. The van der Waals surface area contributed by atoms with E-state index in [0.29, 0.717) is 67.9 Å². The van der Waals surface area contributed by atoms with Crippen LogP contribution in [-0.2, 0) is 19.3 Å². The summed E-state index contributed by atoms with van der Waals surface area (Å²) in [4.78, 5) is 9.22. The Labute approximate surface area is 221 Å². The number of fused-ring (bicyclic) bond motifs is 12. The highest BCUT2D eigenvalue weighted by molar-refractivity contribution is 7.92. The zero-order valence-electron chi connectivity index (χ0n) is 21.0. The number of nitrogens with two attached hydrogens (primary N) is 1. The fourth-order valence-electron chi connectivity index (χ4n) is 4.09. The lowest BCUT2D eigenvalue weighted by Gasteiger charge is -2.14. The Morgan fingerprint density at radius 3 is 2.47 bits per heavy atom. The Morgan fingerprint density at radius 2 is 1.66 bits per heavy atom. The van der Waals surface area contributed by atoms with Gasteiger partial charge in [-0.1, -0.05) is 24.3 Å². The standard InChI is InChI=1S/C28H29N3O6S/c1-19-9-10-34-11-12-35-13-14-36-23-4-2-3-21(15-23)22-16-26(37-18-22)27-28(29)30-17-25(31-27)20-5-7-24(8-6-20)38(19,32)33/h2-8,15-19H,9-14H2,1H3,(H2,29,30). The van der Waals surface area contributed by atoms with Crippen LogP contribution in [0.5, 0.6) is 5.75 Å². The predicted octanol–water partition coefficient (Wildman–Crippen LogP) is 4.63. The number of hydrogen-bond donors (Lipinski definition) is 1. The van der Waals surface area contributed by atoms with Gasteiger partial charge >= 0.3 is 0 Å². The quantitative estimate of drug-likeness (QED) is 0.321. The van der Waals surface area contributed by atoms with Crippen LogP contribution in [0.4, 0.5) is 5.82 Å². The summed E-state index contributed by atoms with van der Waals surface area (Å²) in [6.07, 6.45) is 3.57. The summed E-state index contributed by atoms with van der Waals surface area (Å²) in [5.74, 6) is 1.40. The number of rotatable bonds is 0. The number of aromatic nitrogens is 2. The highest BCUT2D eigenvalue weighted by Gasteiger charge is 2.23. The van der Waals surface area contributed by atoms with Crippen molar-refractivity contribution in [2.24, 2.45) is 0 Å². The number of furan rings is 1. The molecule has 0 saturated carbocycles. The molecule has 0 amide bonds. The van der Waals surface area contributed by atoms with Crippen molar-refractivity contribution in [3.63, 3.8) is 0 Å². The second-order valence-corrected chi connectivity index (χ2v) is 11.3. The molecule has 10 heteroatoms. The highest BCUT2D eigenvalue weighted by atomic mass is 32.2. The predicted molar refractivity (Wildman–Crippen MR) is 143 cm³/mol. The van der Waals surface area contributed by atoms with Crippen LogP contribution in [-0.4, -0.2) is 56.7 Å². The number of benzene rings is 2. The molecule has 9 nitrogen and oxygen atoms in total. The van der Waals surface area contributed by atoms with Crippen molar-refractivity contribution in [3.8, 4) is 39.6 Å². The molecule has 2 aromatic heterocycles. The molecule has 6 rings (SSSR count). The van der Waals surface area contributed by atoms with Gasteiger partial charge in [-0.2, -0.15) is 0 Å².